The SMILES string of the molecule is Cc1ccccc1OCC(=O)N1CCC(OCC2CC2)C1. The largest absolute Gasteiger partial charge is 0.484 e. The quantitative estimate of drug-likeness (QED) is 0.807. The highest BCUT2D eigenvalue weighted by Crippen LogP contribution is 2.30. The van der Waals surface area contributed by atoms with Crippen LogP contribution in [0.25, 0.3) is 0 Å². The first kappa shape index (κ1) is 14.4. The van der Waals surface area contributed by atoms with Crippen LogP contribution in [0.1, 0.15) is 24.8 Å². The first-order valence-corrected chi connectivity index (χ1v) is 7.80. The molecule has 1 unspecified atom stereocenters. The van der Waals surface area contributed by atoms with E-state index in [9.17, 15) is 4.79 Å². The Labute approximate surface area is 126 Å². The van der Waals surface area contributed by atoms with Gasteiger partial charge in [-0.2, -0.15) is 0 Å². The van der Waals surface area contributed by atoms with Gasteiger partial charge in [0.25, 0.3) is 5.91 Å². The number of rotatable bonds is 6. The molecule has 1 atom stereocenters. The predicted octanol–water partition coefficient (Wildman–Crippen LogP) is 2.40. The van der Waals surface area contributed by atoms with Crippen LogP contribution in [0.15, 0.2) is 24.3 Å². The van der Waals surface area contributed by atoms with E-state index >= 15 is 0 Å². The second-order valence-corrected chi connectivity index (χ2v) is 6.08. The zero-order chi connectivity index (χ0) is 14.7. The molecule has 4 heteroatoms. The highest BCUT2D eigenvalue weighted by molar-refractivity contribution is 5.78. The van der Waals surface area contributed by atoms with Gasteiger partial charge in [-0.05, 0) is 43.7 Å². The second kappa shape index (κ2) is 6.48. The normalized spacial score (nSPS) is 21.6. The predicted molar refractivity (Wildman–Crippen MR) is 80.3 cm³/mol. The maximum absolute atomic E-state index is 12.2. The molecule has 3 rings (SSSR count). The molecule has 1 aliphatic carbocycles. The van der Waals surface area contributed by atoms with Crippen LogP contribution in [0.5, 0.6) is 5.75 Å². The lowest BCUT2D eigenvalue weighted by atomic mass is 10.2. The van der Waals surface area contributed by atoms with E-state index in [2.05, 4.69) is 0 Å². The van der Waals surface area contributed by atoms with E-state index in [4.69, 9.17) is 9.47 Å². The van der Waals surface area contributed by atoms with Crippen LogP contribution < -0.4 is 4.74 Å². The van der Waals surface area contributed by atoms with Gasteiger partial charge in [-0.15, -0.1) is 0 Å². The summed E-state index contributed by atoms with van der Waals surface area (Å²) in [5.74, 6) is 1.61. The van der Waals surface area contributed by atoms with E-state index < -0.39 is 0 Å². The van der Waals surface area contributed by atoms with Gasteiger partial charge in [0.05, 0.1) is 6.10 Å². The van der Waals surface area contributed by atoms with Gasteiger partial charge in [0.2, 0.25) is 0 Å². The Morgan fingerprint density at radius 2 is 2.10 bits per heavy atom. The molecule has 0 spiro atoms. The summed E-state index contributed by atoms with van der Waals surface area (Å²) in [5.41, 5.74) is 1.05. The maximum Gasteiger partial charge on any atom is 0.260 e. The van der Waals surface area contributed by atoms with Gasteiger partial charge in [0.15, 0.2) is 6.61 Å². The smallest absolute Gasteiger partial charge is 0.260 e. The van der Waals surface area contributed by atoms with Crippen molar-refractivity contribution in [2.24, 2.45) is 5.92 Å². The minimum Gasteiger partial charge on any atom is -0.484 e. The molecule has 21 heavy (non-hydrogen) atoms. The Morgan fingerprint density at radius 3 is 2.86 bits per heavy atom. The Balaban J connectivity index is 1.42. The van der Waals surface area contributed by atoms with Crippen LogP contribution in [0, 0.1) is 12.8 Å². The molecule has 1 aliphatic heterocycles. The topological polar surface area (TPSA) is 38.8 Å². The summed E-state index contributed by atoms with van der Waals surface area (Å²) in [5, 5.41) is 0. The van der Waals surface area contributed by atoms with Crippen molar-refractivity contribution in [3.05, 3.63) is 29.8 Å². The van der Waals surface area contributed by atoms with E-state index in [1.807, 2.05) is 36.1 Å². The fourth-order valence-electron chi connectivity index (χ4n) is 2.60. The molecule has 0 radical (unpaired) electrons. The standard InChI is InChI=1S/C17H23NO3/c1-13-4-2-3-5-16(13)21-12-17(19)18-9-8-15(10-18)20-11-14-6-7-14/h2-5,14-15H,6-12H2,1H3. The molecular formula is C17H23NO3. The van der Waals surface area contributed by atoms with E-state index in [-0.39, 0.29) is 18.6 Å². The van der Waals surface area contributed by atoms with Crippen molar-refractivity contribution in [1.82, 2.24) is 4.90 Å². The number of aryl methyl sites for hydroxylation is 1. The molecule has 0 bridgehead atoms. The number of hydrogen-bond donors (Lipinski definition) is 0. The lowest BCUT2D eigenvalue weighted by molar-refractivity contribution is -0.132. The Kier molecular flexibility index (Phi) is 4.44. The van der Waals surface area contributed by atoms with Crippen molar-refractivity contribution in [2.45, 2.75) is 32.3 Å². The molecule has 2 fully saturated rings. The van der Waals surface area contributed by atoms with Crippen molar-refractivity contribution >= 4 is 5.91 Å². The average molecular weight is 289 g/mol. The van der Waals surface area contributed by atoms with Gasteiger partial charge in [0.1, 0.15) is 5.75 Å². The minimum atomic E-state index is 0.0516. The first-order chi connectivity index (χ1) is 10.2. The number of para-hydroxylation sites is 1. The van der Waals surface area contributed by atoms with Crippen molar-refractivity contribution < 1.29 is 14.3 Å². The number of ether oxygens (including phenoxy) is 2. The monoisotopic (exact) mass is 289 g/mol. The summed E-state index contributed by atoms with van der Waals surface area (Å²) in [6.45, 7) is 4.46. The van der Waals surface area contributed by atoms with Gasteiger partial charge in [-0.25, -0.2) is 0 Å². The third-order valence-corrected chi connectivity index (χ3v) is 4.21. The van der Waals surface area contributed by atoms with Crippen molar-refractivity contribution in [2.75, 3.05) is 26.3 Å². The zero-order valence-electron chi connectivity index (χ0n) is 12.6. The van der Waals surface area contributed by atoms with Crippen LogP contribution in [-0.4, -0.2) is 43.2 Å². The van der Waals surface area contributed by atoms with Crippen molar-refractivity contribution in [1.29, 1.82) is 0 Å². The third kappa shape index (κ3) is 3.97. The number of amides is 1. The number of carbonyl (C=O) groups excluding carboxylic acids is 1. The molecule has 1 saturated heterocycles. The summed E-state index contributed by atoms with van der Waals surface area (Å²) in [4.78, 5) is 14.0. The number of hydrogen-bond acceptors (Lipinski definition) is 3. The summed E-state index contributed by atoms with van der Waals surface area (Å²) < 4.78 is 11.5. The van der Waals surface area contributed by atoms with Crippen molar-refractivity contribution in [3.8, 4) is 5.75 Å². The fourth-order valence-corrected chi connectivity index (χ4v) is 2.60. The number of nitrogens with zero attached hydrogens (tertiary/aromatic N) is 1. The molecule has 1 aromatic rings. The molecular weight excluding hydrogens is 266 g/mol. The summed E-state index contributed by atoms with van der Waals surface area (Å²) >= 11 is 0. The number of benzene rings is 1. The summed E-state index contributed by atoms with van der Waals surface area (Å²) in [7, 11) is 0. The Hall–Kier alpha value is -1.55. The van der Waals surface area contributed by atoms with Gasteiger partial charge >= 0.3 is 0 Å². The average Bonchev–Trinajstić information content (AvgIpc) is 3.20. The van der Waals surface area contributed by atoms with E-state index in [1.165, 1.54) is 12.8 Å². The molecule has 1 amide bonds. The molecule has 4 nitrogen and oxygen atoms in total. The maximum atomic E-state index is 12.2. The summed E-state index contributed by atoms with van der Waals surface area (Å²) in [6, 6.07) is 7.77. The Bertz CT molecular complexity index is 499. The van der Waals surface area contributed by atoms with Gasteiger partial charge in [-0.3, -0.25) is 4.79 Å². The van der Waals surface area contributed by atoms with Gasteiger partial charge in [-0.1, -0.05) is 18.2 Å². The van der Waals surface area contributed by atoms with Crippen LogP contribution in [0.3, 0.4) is 0 Å². The van der Waals surface area contributed by atoms with Crippen LogP contribution >= 0.6 is 0 Å². The molecule has 1 saturated carbocycles. The van der Waals surface area contributed by atoms with E-state index in [0.717, 1.165) is 36.8 Å². The van der Waals surface area contributed by atoms with Crippen LogP contribution in [0.2, 0.25) is 0 Å². The minimum absolute atomic E-state index is 0.0516. The van der Waals surface area contributed by atoms with Crippen LogP contribution in [0.4, 0.5) is 0 Å². The molecule has 2 aliphatic rings. The molecule has 114 valence electrons. The van der Waals surface area contributed by atoms with Crippen LogP contribution in [-0.2, 0) is 9.53 Å². The number of carbonyl (C=O) groups is 1. The Morgan fingerprint density at radius 1 is 1.29 bits per heavy atom. The van der Waals surface area contributed by atoms with Gasteiger partial charge in [0, 0.05) is 19.7 Å². The first-order valence-electron chi connectivity index (χ1n) is 7.80. The van der Waals surface area contributed by atoms with E-state index in [0.29, 0.717) is 6.54 Å². The highest BCUT2D eigenvalue weighted by Gasteiger charge is 2.29. The van der Waals surface area contributed by atoms with E-state index in [1.54, 1.807) is 0 Å². The second-order valence-electron chi connectivity index (χ2n) is 6.08. The molecule has 1 aromatic carbocycles. The molecule has 1 heterocycles. The molecule has 0 N–H and O–H groups in total. The highest BCUT2D eigenvalue weighted by atomic mass is 16.5. The zero-order valence-corrected chi connectivity index (χ0v) is 12.6. The lowest BCUT2D eigenvalue weighted by Gasteiger charge is -2.17. The van der Waals surface area contributed by atoms with Crippen molar-refractivity contribution in [3.63, 3.8) is 0 Å². The summed E-state index contributed by atoms with van der Waals surface area (Å²) in [6.07, 6.45) is 3.77. The fraction of sp³-hybridized carbons (Fsp3) is 0.588. The third-order valence-electron chi connectivity index (χ3n) is 4.21. The molecule has 0 aromatic heterocycles. The number of likely N-dealkylation sites (tertiary alicyclic amines) is 1. The van der Waals surface area contributed by atoms with Gasteiger partial charge < -0.3 is 14.4 Å². The lowest BCUT2D eigenvalue weighted by Crippen LogP contribution is -2.34.